The summed E-state index contributed by atoms with van der Waals surface area (Å²) in [5, 5.41) is 0.674. The second-order valence-electron chi connectivity index (χ2n) is 4.25. The smallest absolute Gasteiger partial charge is 0.200 e. The van der Waals surface area contributed by atoms with Gasteiger partial charge in [-0.05, 0) is 17.7 Å². The molecule has 2 aromatic carbocycles. The molecule has 0 radical (unpaired) electrons. The fourth-order valence-electron chi connectivity index (χ4n) is 1.92. The van der Waals surface area contributed by atoms with Crippen LogP contribution in [0.1, 0.15) is 11.5 Å². The van der Waals surface area contributed by atoms with E-state index >= 15 is 0 Å². The summed E-state index contributed by atoms with van der Waals surface area (Å²) in [5.41, 5.74) is 7.81. The maximum absolute atomic E-state index is 13.2. The number of nitrogens with zero attached hydrogens (tertiary/aromatic N) is 1. The van der Waals surface area contributed by atoms with Gasteiger partial charge in [0.2, 0.25) is 0 Å². The van der Waals surface area contributed by atoms with Crippen LogP contribution >= 0.6 is 11.6 Å². The molecule has 0 unspecified atom stereocenters. The Balaban J connectivity index is 1.97. The molecule has 0 bridgehead atoms. The van der Waals surface area contributed by atoms with E-state index in [0.717, 1.165) is 5.56 Å². The Morgan fingerprint density at radius 2 is 1.95 bits per heavy atom. The molecule has 1 aromatic heterocycles. The maximum Gasteiger partial charge on any atom is 0.200 e. The van der Waals surface area contributed by atoms with Crippen molar-refractivity contribution in [2.75, 3.05) is 5.73 Å². The summed E-state index contributed by atoms with van der Waals surface area (Å²) in [4.78, 5) is 4.23. The van der Waals surface area contributed by atoms with Crippen LogP contribution in [0.5, 0.6) is 0 Å². The molecule has 19 heavy (non-hydrogen) atoms. The summed E-state index contributed by atoms with van der Waals surface area (Å²) < 4.78 is 18.8. The zero-order valence-electron chi connectivity index (χ0n) is 9.86. The fourth-order valence-corrected chi connectivity index (χ4v) is 2.05. The van der Waals surface area contributed by atoms with Crippen LogP contribution in [0.2, 0.25) is 5.02 Å². The SMILES string of the molecule is Nc1cc(F)cc2nc(Cc3ccc(Cl)cc3)oc12. The van der Waals surface area contributed by atoms with E-state index in [1.807, 2.05) is 12.1 Å². The van der Waals surface area contributed by atoms with Gasteiger partial charge in [-0.3, -0.25) is 0 Å². The van der Waals surface area contributed by atoms with Gasteiger partial charge in [-0.15, -0.1) is 0 Å². The Bertz CT molecular complexity index is 737. The molecule has 0 fully saturated rings. The summed E-state index contributed by atoms with van der Waals surface area (Å²) in [5.74, 6) is 0.0750. The van der Waals surface area contributed by atoms with Crippen molar-refractivity contribution < 1.29 is 8.81 Å². The van der Waals surface area contributed by atoms with Crippen LogP contribution in [0.25, 0.3) is 11.1 Å². The molecular formula is C14H10ClFN2O. The van der Waals surface area contributed by atoms with Gasteiger partial charge in [-0.1, -0.05) is 23.7 Å². The van der Waals surface area contributed by atoms with Gasteiger partial charge >= 0.3 is 0 Å². The number of nitrogen functional groups attached to an aromatic ring is 1. The number of anilines is 1. The van der Waals surface area contributed by atoms with Gasteiger partial charge in [0.05, 0.1) is 5.69 Å². The predicted molar refractivity (Wildman–Crippen MR) is 72.6 cm³/mol. The third kappa shape index (κ3) is 2.39. The van der Waals surface area contributed by atoms with Crippen molar-refractivity contribution in [1.82, 2.24) is 4.98 Å². The summed E-state index contributed by atoms with van der Waals surface area (Å²) in [7, 11) is 0. The van der Waals surface area contributed by atoms with E-state index in [2.05, 4.69) is 4.98 Å². The number of rotatable bonds is 2. The standard InChI is InChI=1S/C14H10ClFN2O/c15-9-3-1-8(2-4-9)5-13-18-12-7-10(16)6-11(17)14(12)19-13/h1-4,6-7H,5,17H2. The number of halogens is 2. The van der Waals surface area contributed by atoms with Crippen LogP contribution in [0.3, 0.4) is 0 Å². The number of aromatic nitrogens is 1. The molecule has 2 N–H and O–H groups in total. The largest absolute Gasteiger partial charge is 0.438 e. The van der Waals surface area contributed by atoms with Gasteiger partial charge in [0.1, 0.15) is 11.3 Å². The van der Waals surface area contributed by atoms with Crippen molar-refractivity contribution in [2.24, 2.45) is 0 Å². The lowest BCUT2D eigenvalue weighted by molar-refractivity contribution is 0.544. The molecular weight excluding hydrogens is 267 g/mol. The normalized spacial score (nSPS) is 11.1. The molecule has 3 nitrogen and oxygen atoms in total. The van der Waals surface area contributed by atoms with Crippen molar-refractivity contribution >= 4 is 28.4 Å². The number of benzene rings is 2. The van der Waals surface area contributed by atoms with Crippen LogP contribution in [0, 0.1) is 5.82 Å². The van der Waals surface area contributed by atoms with Gasteiger partial charge in [-0.2, -0.15) is 0 Å². The molecule has 0 saturated carbocycles. The van der Waals surface area contributed by atoms with Crippen LogP contribution in [-0.2, 0) is 6.42 Å². The highest BCUT2D eigenvalue weighted by Gasteiger charge is 2.11. The summed E-state index contributed by atoms with van der Waals surface area (Å²) in [6.07, 6.45) is 0.507. The number of fused-ring (bicyclic) bond motifs is 1. The Morgan fingerprint density at radius 3 is 2.68 bits per heavy atom. The third-order valence-electron chi connectivity index (χ3n) is 2.80. The summed E-state index contributed by atoms with van der Waals surface area (Å²) in [6, 6.07) is 9.91. The second kappa shape index (κ2) is 4.55. The highest BCUT2D eigenvalue weighted by atomic mass is 35.5. The molecule has 5 heteroatoms. The van der Waals surface area contributed by atoms with Crippen LogP contribution in [0.4, 0.5) is 10.1 Å². The highest BCUT2D eigenvalue weighted by molar-refractivity contribution is 6.30. The first-order valence-electron chi connectivity index (χ1n) is 5.71. The van der Waals surface area contributed by atoms with E-state index in [1.54, 1.807) is 12.1 Å². The van der Waals surface area contributed by atoms with Gasteiger partial charge in [0, 0.05) is 23.6 Å². The average Bonchev–Trinajstić information content (AvgIpc) is 2.75. The predicted octanol–water partition coefficient (Wildman–Crippen LogP) is 3.79. The third-order valence-corrected chi connectivity index (χ3v) is 3.05. The molecule has 0 amide bonds. The van der Waals surface area contributed by atoms with E-state index in [9.17, 15) is 4.39 Å². The Labute approximate surface area is 113 Å². The first-order valence-corrected chi connectivity index (χ1v) is 6.08. The van der Waals surface area contributed by atoms with Crippen LogP contribution in [0.15, 0.2) is 40.8 Å². The van der Waals surface area contributed by atoms with E-state index < -0.39 is 5.82 Å². The molecule has 0 aliphatic rings. The number of oxazole rings is 1. The Hall–Kier alpha value is -2.07. The minimum Gasteiger partial charge on any atom is -0.438 e. The van der Waals surface area contributed by atoms with E-state index in [1.165, 1.54) is 12.1 Å². The fraction of sp³-hybridized carbons (Fsp3) is 0.0714. The number of hydrogen-bond acceptors (Lipinski definition) is 3. The van der Waals surface area contributed by atoms with Crippen molar-refractivity contribution in [1.29, 1.82) is 0 Å². The lowest BCUT2D eigenvalue weighted by Gasteiger charge is -1.97. The van der Waals surface area contributed by atoms with Gasteiger partial charge < -0.3 is 10.2 Å². The molecule has 0 aliphatic heterocycles. The van der Waals surface area contributed by atoms with Crippen LogP contribution < -0.4 is 5.73 Å². The lowest BCUT2D eigenvalue weighted by atomic mass is 10.1. The quantitative estimate of drug-likeness (QED) is 0.725. The molecule has 0 atom stereocenters. The molecule has 0 saturated heterocycles. The Morgan fingerprint density at radius 1 is 1.21 bits per heavy atom. The maximum atomic E-state index is 13.2. The van der Waals surface area contributed by atoms with Crippen LogP contribution in [-0.4, -0.2) is 4.98 Å². The number of hydrogen-bond donors (Lipinski definition) is 1. The monoisotopic (exact) mass is 276 g/mol. The van der Waals surface area contributed by atoms with Gasteiger partial charge in [-0.25, -0.2) is 9.37 Å². The summed E-state index contributed by atoms with van der Waals surface area (Å²) in [6.45, 7) is 0. The topological polar surface area (TPSA) is 52.0 Å². The molecule has 3 rings (SSSR count). The second-order valence-corrected chi connectivity index (χ2v) is 4.69. The van der Waals surface area contributed by atoms with E-state index in [4.69, 9.17) is 21.8 Å². The van der Waals surface area contributed by atoms with Crippen molar-refractivity contribution in [3.05, 3.63) is 58.7 Å². The molecule has 96 valence electrons. The summed E-state index contributed by atoms with van der Waals surface area (Å²) >= 11 is 5.82. The van der Waals surface area contributed by atoms with Gasteiger partial charge in [0.25, 0.3) is 0 Å². The highest BCUT2D eigenvalue weighted by Crippen LogP contribution is 2.24. The molecule has 1 heterocycles. The zero-order chi connectivity index (χ0) is 13.4. The zero-order valence-corrected chi connectivity index (χ0v) is 10.6. The van der Waals surface area contributed by atoms with E-state index in [0.29, 0.717) is 28.4 Å². The van der Waals surface area contributed by atoms with E-state index in [-0.39, 0.29) is 5.69 Å². The van der Waals surface area contributed by atoms with Crippen molar-refractivity contribution in [3.63, 3.8) is 0 Å². The molecule has 0 aliphatic carbocycles. The average molecular weight is 277 g/mol. The first-order chi connectivity index (χ1) is 9.11. The Kier molecular flexibility index (Phi) is 2.87. The lowest BCUT2D eigenvalue weighted by Crippen LogP contribution is -1.87. The minimum absolute atomic E-state index is 0.254. The first kappa shape index (κ1) is 12.0. The van der Waals surface area contributed by atoms with Crippen molar-refractivity contribution in [3.8, 4) is 0 Å². The van der Waals surface area contributed by atoms with Crippen molar-refractivity contribution in [2.45, 2.75) is 6.42 Å². The minimum atomic E-state index is -0.420. The van der Waals surface area contributed by atoms with Gasteiger partial charge in [0.15, 0.2) is 11.5 Å². The molecule has 0 spiro atoms. The number of nitrogens with two attached hydrogens (primary N) is 1. The molecule has 3 aromatic rings.